The molecule has 7 heteroatoms. The Labute approximate surface area is 173 Å². The van der Waals surface area contributed by atoms with Gasteiger partial charge in [0.2, 0.25) is 0 Å². The number of alkyl halides is 1. The highest BCUT2D eigenvalue weighted by molar-refractivity contribution is 6.45. The number of likely N-dealkylation sites (tertiary alicyclic amines) is 1. The number of hydrogen-bond donors (Lipinski definition) is 2. The third-order valence-electron chi connectivity index (χ3n) is 5.04. The highest BCUT2D eigenvalue weighted by Crippen LogP contribution is 2.37. The van der Waals surface area contributed by atoms with Crippen LogP contribution in [0.2, 0.25) is 0 Å². The quantitative estimate of drug-likeness (QED) is 0.743. The number of carbonyl (C=O) groups is 1. The first-order chi connectivity index (χ1) is 13.7. The summed E-state index contributed by atoms with van der Waals surface area (Å²) in [4.78, 5) is 14.2. The summed E-state index contributed by atoms with van der Waals surface area (Å²) in [6, 6.07) is 13.3. The maximum Gasteiger partial charge on any atom is 0.254 e. The third kappa shape index (κ3) is 3.87. The Morgan fingerprint density at radius 2 is 1.90 bits per heavy atom. The summed E-state index contributed by atoms with van der Waals surface area (Å²) in [5.41, 5.74) is 7.49. The lowest BCUT2D eigenvalue weighted by Gasteiger charge is -2.44. The Balaban J connectivity index is 1.80. The number of nitriles is 1. The van der Waals surface area contributed by atoms with Gasteiger partial charge in [-0.1, -0.05) is 29.8 Å². The second kappa shape index (κ2) is 7.69. The monoisotopic (exact) mass is 410 g/mol. The number of amides is 1. The lowest BCUT2D eigenvalue weighted by atomic mass is 9.87. The molecule has 0 saturated carbocycles. The molecule has 0 radical (unpaired) electrons. The molecule has 0 bridgehead atoms. The van der Waals surface area contributed by atoms with Crippen molar-refractivity contribution in [1.29, 1.82) is 10.7 Å². The summed E-state index contributed by atoms with van der Waals surface area (Å²) < 4.78 is 15.1. The van der Waals surface area contributed by atoms with Crippen molar-refractivity contribution in [3.63, 3.8) is 0 Å². The Morgan fingerprint density at radius 1 is 1.28 bits per heavy atom. The number of hydrogen-bond acceptors (Lipinski definition) is 4. The predicted molar refractivity (Wildman–Crippen MR) is 111 cm³/mol. The van der Waals surface area contributed by atoms with Crippen molar-refractivity contribution in [2.24, 2.45) is 5.73 Å². The highest BCUT2D eigenvalue weighted by atomic mass is 35.5. The van der Waals surface area contributed by atoms with Gasteiger partial charge in [-0.3, -0.25) is 4.79 Å². The van der Waals surface area contributed by atoms with Gasteiger partial charge in [0, 0.05) is 16.8 Å². The van der Waals surface area contributed by atoms with Gasteiger partial charge >= 0.3 is 0 Å². The van der Waals surface area contributed by atoms with Gasteiger partial charge in [0.1, 0.15) is 0 Å². The minimum atomic E-state index is -1.63. The molecular formula is C22H20ClFN4O. The van der Waals surface area contributed by atoms with Crippen LogP contribution in [0.4, 0.5) is 4.39 Å². The number of nitrogens with one attached hydrogen (secondary N) is 1. The van der Waals surface area contributed by atoms with Gasteiger partial charge in [-0.25, -0.2) is 4.39 Å². The van der Waals surface area contributed by atoms with E-state index < -0.39 is 5.67 Å². The number of allylic oxidation sites excluding steroid dienone is 1. The van der Waals surface area contributed by atoms with Gasteiger partial charge in [-0.15, -0.1) is 0 Å². The van der Waals surface area contributed by atoms with Gasteiger partial charge in [0.05, 0.1) is 35.5 Å². The molecule has 3 rings (SSSR count). The molecule has 2 aromatic rings. The number of rotatable bonds is 4. The van der Waals surface area contributed by atoms with Crippen LogP contribution in [-0.4, -0.2) is 29.6 Å². The van der Waals surface area contributed by atoms with E-state index in [1.54, 1.807) is 42.5 Å². The number of nitrogens with two attached hydrogens (primary N) is 1. The van der Waals surface area contributed by atoms with Crippen LogP contribution in [-0.2, 0) is 5.67 Å². The SMILES string of the molecule is CC(=N)/C(Cl)=C(\N)c1cc(C(=O)N2CC(F)(c3ccc(C#N)cc3)C2)ccc1C. The van der Waals surface area contributed by atoms with Crippen LogP contribution in [0.25, 0.3) is 5.70 Å². The van der Waals surface area contributed by atoms with E-state index in [2.05, 4.69) is 0 Å². The van der Waals surface area contributed by atoms with Crippen LogP contribution < -0.4 is 5.73 Å². The summed E-state index contributed by atoms with van der Waals surface area (Å²) in [5.74, 6) is -0.302. The normalized spacial score (nSPS) is 15.8. The molecule has 1 aliphatic rings. The molecule has 1 saturated heterocycles. The molecule has 1 aliphatic heterocycles. The van der Waals surface area contributed by atoms with Crippen molar-refractivity contribution in [2.75, 3.05) is 13.1 Å². The number of halogens is 2. The van der Waals surface area contributed by atoms with Gasteiger partial charge in [0.15, 0.2) is 5.67 Å². The smallest absolute Gasteiger partial charge is 0.254 e. The van der Waals surface area contributed by atoms with Crippen molar-refractivity contribution in [3.05, 3.63) is 75.3 Å². The van der Waals surface area contributed by atoms with Crippen LogP contribution in [0, 0.1) is 23.7 Å². The van der Waals surface area contributed by atoms with E-state index in [0.29, 0.717) is 22.3 Å². The summed E-state index contributed by atoms with van der Waals surface area (Å²) in [5, 5.41) is 16.6. The van der Waals surface area contributed by atoms with Gasteiger partial charge in [-0.05, 0) is 49.2 Å². The molecule has 0 unspecified atom stereocenters. The lowest BCUT2D eigenvalue weighted by Crippen LogP contribution is -2.58. The van der Waals surface area contributed by atoms with Crippen LogP contribution in [0.1, 0.15) is 39.5 Å². The Hall–Kier alpha value is -3.17. The molecule has 29 heavy (non-hydrogen) atoms. The molecule has 1 fully saturated rings. The first-order valence-corrected chi connectivity index (χ1v) is 9.34. The molecular weight excluding hydrogens is 391 g/mol. The van der Waals surface area contributed by atoms with Gasteiger partial charge in [-0.2, -0.15) is 5.26 Å². The Kier molecular flexibility index (Phi) is 5.45. The van der Waals surface area contributed by atoms with Crippen molar-refractivity contribution in [2.45, 2.75) is 19.5 Å². The molecule has 0 spiro atoms. The summed E-state index contributed by atoms with van der Waals surface area (Å²) in [6.07, 6.45) is 0. The third-order valence-corrected chi connectivity index (χ3v) is 5.53. The zero-order valence-corrected chi connectivity index (χ0v) is 16.8. The van der Waals surface area contributed by atoms with Gasteiger partial charge < -0.3 is 16.0 Å². The first kappa shape index (κ1) is 20.6. The molecule has 5 nitrogen and oxygen atoms in total. The predicted octanol–water partition coefficient (Wildman–Crippen LogP) is 4.09. The largest absolute Gasteiger partial charge is 0.397 e. The average molecular weight is 411 g/mol. The molecule has 148 valence electrons. The van der Waals surface area contributed by atoms with E-state index >= 15 is 4.39 Å². The number of carbonyl (C=O) groups excluding carboxylic acids is 1. The first-order valence-electron chi connectivity index (χ1n) is 8.97. The Bertz CT molecular complexity index is 1060. The number of nitrogens with zero attached hydrogens (tertiary/aromatic N) is 2. The molecule has 0 aromatic heterocycles. The minimum absolute atomic E-state index is 0.0629. The topological polar surface area (TPSA) is 94.0 Å². The fourth-order valence-electron chi connectivity index (χ4n) is 3.28. The van der Waals surface area contributed by atoms with E-state index in [-0.39, 0.29) is 35.4 Å². The van der Waals surface area contributed by atoms with Crippen molar-refractivity contribution >= 4 is 28.9 Å². The number of benzene rings is 2. The van der Waals surface area contributed by atoms with Crippen LogP contribution in [0.3, 0.4) is 0 Å². The standard InChI is InChI=1S/C22H20ClFN4O/c1-13-3-6-16(9-18(13)20(27)19(23)14(2)26)21(29)28-11-22(24,12-28)17-7-4-15(10-25)5-8-17/h3-9,26H,11-12,27H2,1-2H3/b20-19+,26-14?. The summed E-state index contributed by atoms with van der Waals surface area (Å²) in [7, 11) is 0. The van der Waals surface area contributed by atoms with E-state index in [9.17, 15) is 4.79 Å². The van der Waals surface area contributed by atoms with E-state index in [1.807, 2.05) is 13.0 Å². The second-order valence-corrected chi connectivity index (χ2v) is 7.58. The Morgan fingerprint density at radius 3 is 2.45 bits per heavy atom. The zero-order chi connectivity index (χ0) is 21.3. The summed E-state index contributed by atoms with van der Waals surface area (Å²) >= 11 is 6.10. The second-order valence-electron chi connectivity index (χ2n) is 7.20. The molecule has 1 amide bonds. The van der Waals surface area contributed by atoms with Crippen molar-refractivity contribution < 1.29 is 9.18 Å². The fourth-order valence-corrected chi connectivity index (χ4v) is 3.38. The highest BCUT2D eigenvalue weighted by Gasteiger charge is 2.47. The van der Waals surface area contributed by atoms with Crippen LogP contribution >= 0.6 is 11.6 Å². The molecule has 1 heterocycles. The fraction of sp³-hybridized carbons (Fsp3) is 0.227. The van der Waals surface area contributed by atoms with E-state index in [1.165, 1.54) is 11.8 Å². The molecule has 3 N–H and O–H groups in total. The average Bonchev–Trinajstić information content (AvgIpc) is 2.70. The summed E-state index contributed by atoms with van der Waals surface area (Å²) in [6.45, 7) is 3.24. The zero-order valence-electron chi connectivity index (χ0n) is 16.1. The van der Waals surface area contributed by atoms with Crippen molar-refractivity contribution in [1.82, 2.24) is 4.90 Å². The minimum Gasteiger partial charge on any atom is -0.397 e. The lowest BCUT2D eigenvalue weighted by molar-refractivity contribution is -0.0231. The van der Waals surface area contributed by atoms with Crippen LogP contribution in [0.5, 0.6) is 0 Å². The van der Waals surface area contributed by atoms with E-state index in [4.69, 9.17) is 28.0 Å². The maximum absolute atomic E-state index is 15.1. The molecule has 0 aliphatic carbocycles. The van der Waals surface area contributed by atoms with Crippen LogP contribution in [0.15, 0.2) is 47.5 Å². The molecule has 2 aromatic carbocycles. The van der Waals surface area contributed by atoms with E-state index in [0.717, 1.165) is 5.56 Å². The van der Waals surface area contributed by atoms with Gasteiger partial charge in [0.25, 0.3) is 5.91 Å². The molecule has 0 atom stereocenters. The maximum atomic E-state index is 15.1. The van der Waals surface area contributed by atoms with Crippen molar-refractivity contribution in [3.8, 4) is 6.07 Å². The number of aryl methyl sites for hydroxylation is 1.